The zero-order valence-electron chi connectivity index (χ0n) is 20.7. The summed E-state index contributed by atoms with van der Waals surface area (Å²) in [6, 6.07) is 12.5. The molecule has 0 aliphatic heterocycles. The van der Waals surface area contributed by atoms with E-state index in [4.69, 9.17) is 25.2 Å². The summed E-state index contributed by atoms with van der Waals surface area (Å²) < 4.78 is 8.84. The summed E-state index contributed by atoms with van der Waals surface area (Å²) in [5.41, 5.74) is -0.870. The van der Waals surface area contributed by atoms with Crippen LogP contribution in [0.15, 0.2) is 72.8 Å². The van der Waals surface area contributed by atoms with E-state index in [1.54, 1.807) is 36.4 Å². The Morgan fingerprint density at radius 1 is 0.784 bits per heavy atom. The number of carboxylic acids is 2. The molecule has 0 saturated heterocycles. The predicted octanol–water partition coefficient (Wildman–Crippen LogP) is 3.01. The minimum absolute atomic E-state index is 0.0562. The van der Waals surface area contributed by atoms with Crippen LogP contribution in [0.3, 0.4) is 0 Å². The molecule has 11 heteroatoms. The van der Waals surface area contributed by atoms with Crippen LogP contribution < -0.4 is 0 Å². The zero-order valence-corrected chi connectivity index (χ0v) is 20.7. The Hall–Kier alpha value is -4.64. The number of methoxy groups -OCH3 is 2. The molecule has 3 rings (SSSR count). The molecule has 0 spiro atoms. The highest BCUT2D eigenvalue weighted by Crippen LogP contribution is 2.23. The summed E-state index contributed by atoms with van der Waals surface area (Å²) in [7, 11) is 2.55. The Morgan fingerprint density at radius 2 is 1.16 bits per heavy atom. The van der Waals surface area contributed by atoms with Gasteiger partial charge in [0, 0.05) is 6.92 Å². The molecule has 0 aromatic heterocycles. The van der Waals surface area contributed by atoms with Crippen molar-refractivity contribution in [2.45, 2.75) is 19.4 Å². The van der Waals surface area contributed by atoms with E-state index in [1.807, 2.05) is 0 Å². The van der Waals surface area contributed by atoms with E-state index in [1.165, 1.54) is 57.6 Å². The molecule has 0 fully saturated rings. The molecule has 0 amide bonds. The molecule has 0 bridgehead atoms. The van der Waals surface area contributed by atoms with Gasteiger partial charge >= 0.3 is 17.9 Å². The van der Waals surface area contributed by atoms with Crippen molar-refractivity contribution in [3.05, 3.63) is 84.0 Å². The number of carboxylic acid groups (broad SMARTS) is 2. The number of carbonyl (C=O) groups is 4. The molecule has 0 saturated carbocycles. The number of carbonyl (C=O) groups excluding carboxylic acids is 2. The van der Waals surface area contributed by atoms with Crippen LogP contribution in [0.4, 0.5) is 0 Å². The lowest BCUT2D eigenvalue weighted by Gasteiger charge is -2.26. The number of allylic oxidation sites excluding steroid dienone is 2. The SMILES string of the molecule is CC(=O)O.CC1(O)C=CC=CC1C(=O)O.COC(=O)c1ccccc1O.COC(=O)c1ccccc1O. The van der Waals surface area contributed by atoms with Gasteiger partial charge in [-0.2, -0.15) is 0 Å². The maximum atomic E-state index is 10.9. The Morgan fingerprint density at radius 3 is 1.43 bits per heavy atom. The van der Waals surface area contributed by atoms with Gasteiger partial charge in [-0.25, -0.2) is 9.59 Å². The van der Waals surface area contributed by atoms with Crippen molar-refractivity contribution in [3.8, 4) is 11.5 Å². The van der Waals surface area contributed by atoms with Gasteiger partial charge in [-0.15, -0.1) is 0 Å². The zero-order chi connectivity index (χ0) is 28.6. The second kappa shape index (κ2) is 16.1. The highest BCUT2D eigenvalue weighted by Gasteiger charge is 2.34. The van der Waals surface area contributed by atoms with Gasteiger partial charge < -0.3 is 35.0 Å². The van der Waals surface area contributed by atoms with Crippen molar-refractivity contribution in [1.82, 2.24) is 0 Å². The first-order chi connectivity index (χ1) is 17.3. The van der Waals surface area contributed by atoms with E-state index < -0.39 is 35.4 Å². The number of hydrogen-bond donors (Lipinski definition) is 5. The van der Waals surface area contributed by atoms with Gasteiger partial charge in [0.2, 0.25) is 0 Å². The number of aromatic hydroxyl groups is 2. The second-order valence-electron chi connectivity index (χ2n) is 7.32. The number of aliphatic hydroxyl groups is 1. The van der Waals surface area contributed by atoms with Gasteiger partial charge in [0.25, 0.3) is 5.97 Å². The summed E-state index contributed by atoms with van der Waals surface area (Å²) >= 11 is 0. The van der Waals surface area contributed by atoms with E-state index in [9.17, 15) is 19.5 Å². The van der Waals surface area contributed by atoms with Crippen LogP contribution in [0.2, 0.25) is 0 Å². The van der Waals surface area contributed by atoms with Crippen LogP contribution in [0.25, 0.3) is 0 Å². The number of benzene rings is 2. The second-order valence-corrected chi connectivity index (χ2v) is 7.32. The summed E-state index contributed by atoms with van der Waals surface area (Å²) in [4.78, 5) is 41.2. The lowest BCUT2D eigenvalue weighted by Crippen LogP contribution is -2.37. The highest BCUT2D eigenvalue weighted by molar-refractivity contribution is 5.92. The molecule has 200 valence electrons. The van der Waals surface area contributed by atoms with Crippen LogP contribution in [-0.4, -0.2) is 69.2 Å². The first-order valence-electron chi connectivity index (χ1n) is 10.5. The molecule has 2 aromatic carbocycles. The summed E-state index contributed by atoms with van der Waals surface area (Å²) in [6.07, 6.45) is 6.21. The molecule has 11 nitrogen and oxygen atoms in total. The predicted molar refractivity (Wildman–Crippen MR) is 132 cm³/mol. The van der Waals surface area contributed by atoms with E-state index in [0.717, 1.165) is 6.92 Å². The van der Waals surface area contributed by atoms with Crippen molar-refractivity contribution in [3.63, 3.8) is 0 Å². The van der Waals surface area contributed by atoms with Crippen molar-refractivity contribution < 1.29 is 54.2 Å². The van der Waals surface area contributed by atoms with Crippen LogP contribution in [0.1, 0.15) is 34.6 Å². The summed E-state index contributed by atoms with van der Waals surface area (Å²) in [5, 5.41) is 43.8. The third-order valence-corrected chi connectivity index (χ3v) is 4.36. The van der Waals surface area contributed by atoms with Gasteiger partial charge in [-0.05, 0) is 31.2 Å². The molecule has 1 aliphatic carbocycles. The van der Waals surface area contributed by atoms with Crippen LogP contribution in [0.5, 0.6) is 11.5 Å². The first-order valence-corrected chi connectivity index (χ1v) is 10.5. The average molecular weight is 519 g/mol. The number of hydrogen-bond acceptors (Lipinski definition) is 9. The van der Waals surface area contributed by atoms with E-state index in [-0.39, 0.29) is 22.6 Å². The topological polar surface area (TPSA) is 188 Å². The Kier molecular flexibility index (Phi) is 14.1. The Balaban J connectivity index is 0.000000490. The van der Waals surface area contributed by atoms with Gasteiger partial charge in [-0.3, -0.25) is 9.59 Å². The molecule has 2 atom stereocenters. The quantitative estimate of drug-likeness (QED) is 0.376. The fourth-order valence-corrected chi connectivity index (χ4v) is 2.57. The number of ether oxygens (including phenoxy) is 2. The maximum absolute atomic E-state index is 10.9. The molecule has 0 heterocycles. The Bertz CT molecular complexity index is 1060. The largest absolute Gasteiger partial charge is 0.507 e. The fourth-order valence-electron chi connectivity index (χ4n) is 2.57. The Labute approximate surface area is 213 Å². The van der Waals surface area contributed by atoms with Crippen molar-refractivity contribution >= 4 is 23.9 Å². The number of para-hydroxylation sites is 2. The lowest BCUT2D eigenvalue weighted by molar-refractivity contribution is -0.145. The molecular formula is C26H30O11. The van der Waals surface area contributed by atoms with Gasteiger partial charge in [0.15, 0.2) is 0 Å². The van der Waals surface area contributed by atoms with E-state index >= 15 is 0 Å². The molecule has 2 aromatic rings. The number of rotatable bonds is 3. The summed E-state index contributed by atoms with van der Waals surface area (Å²) in [5.74, 6) is -3.83. The standard InChI is InChI=1S/C8H10O3.2C8H8O3.C2H4O2/c1-8(11)5-3-2-4-6(8)7(9)10;2*1-11-8(10)6-4-2-3-5-7(6)9;1-2(3)4/h2-6,11H,1H3,(H,9,10);2*2-5,9H,1H3;1H3,(H,3,4). The third kappa shape index (κ3) is 12.1. The van der Waals surface area contributed by atoms with E-state index in [2.05, 4.69) is 9.47 Å². The fraction of sp³-hybridized carbons (Fsp3) is 0.231. The van der Waals surface area contributed by atoms with Crippen LogP contribution in [0, 0.1) is 5.92 Å². The third-order valence-electron chi connectivity index (χ3n) is 4.36. The van der Waals surface area contributed by atoms with E-state index in [0.29, 0.717) is 0 Å². The number of phenols is 2. The average Bonchev–Trinajstić information content (AvgIpc) is 2.83. The molecular weight excluding hydrogens is 488 g/mol. The molecule has 2 unspecified atom stereocenters. The van der Waals surface area contributed by atoms with Crippen molar-refractivity contribution in [2.75, 3.05) is 14.2 Å². The number of esters is 2. The monoisotopic (exact) mass is 518 g/mol. The maximum Gasteiger partial charge on any atom is 0.341 e. The van der Waals surface area contributed by atoms with Gasteiger partial charge in [-0.1, -0.05) is 48.6 Å². The van der Waals surface area contributed by atoms with Crippen LogP contribution in [-0.2, 0) is 19.1 Å². The van der Waals surface area contributed by atoms with Gasteiger partial charge in [0.05, 0.1) is 19.8 Å². The number of aliphatic carboxylic acids is 2. The van der Waals surface area contributed by atoms with Gasteiger partial charge in [0.1, 0.15) is 28.5 Å². The molecule has 37 heavy (non-hydrogen) atoms. The molecule has 0 radical (unpaired) electrons. The molecule has 1 aliphatic rings. The molecule has 5 N–H and O–H groups in total. The first kappa shape index (κ1) is 32.4. The normalized spacial score (nSPS) is 16.7. The highest BCUT2D eigenvalue weighted by atomic mass is 16.5. The minimum Gasteiger partial charge on any atom is -0.507 e. The smallest absolute Gasteiger partial charge is 0.341 e. The van der Waals surface area contributed by atoms with Crippen LogP contribution >= 0.6 is 0 Å². The minimum atomic E-state index is -1.25. The van der Waals surface area contributed by atoms with Crippen molar-refractivity contribution in [1.29, 1.82) is 0 Å². The summed E-state index contributed by atoms with van der Waals surface area (Å²) in [6.45, 7) is 2.56. The lowest BCUT2D eigenvalue weighted by atomic mass is 9.86. The number of phenolic OH excluding ortho intramolecular Hbond substituents is 2. The van der Waals surface area contributed by atoms with Crippen molar-refractivity contribution in [2.24, 2.45) is 5.92 Å².